The summed E-state index contributed by atoms with van der Waals surface area (Å²) in [7, 11) is 0. The minimum Gasteiger partial charge on any atom is -0.454 e. The highest BCUT2D eigenvalue weighted by Crippen LogP contribution is 2.30. The molecule has 1 aliphatic carbocycles. The summed E-state index contributed by atoms with van der Waals surface area (Å²) >= 11 is 0. The van der Waals surface area contributed by atoms with Crippen molar-refractivity contribution in [1.29, 1.82) is 0 Å². The Kier molecular flexibility index (Phi) is 6.27. The van der Waals surface area contributed by atoms with Crippen LogP contribution in [-0.2, 0) is 14.3 Å². The first-order valence-electron chi connectivity index (χ1n) is 9.61. The SMILES string of the molecule is C=C1c2ccccc2C(=O)N1CC(=O)OCC(=O)NC1CCCCCCC1. The Bertz CT molecular complexity index is 700. The topological polar surface area (TPSA) is 75.7 Å². The highest BCUT2D eigenvalue weighted by atomic mass is 16.5. The van der Waals surface area contributed by atoms with Crippen LogP contribution in [0.25, 0.3) is 5.70 Å². The molecule has 1 aliphatic heterocycles. The fourth-order valence-corrected chi connectivity index (χ4v) is 3.69. The number of hydrogen-bond donors (Lipinski definition) is 1. The van der Waals surface area contributed by atoms with Crippen LogP contribution in [0, 0.1) is 0 Å². The van der Waals surface area contributed by atoms with Crippen molar-refractivity contribution in [2.45, 2.75) is 51.0 Å². The van der Waals surface area contributed by atoms with Crippen molar-refractivity contribution >= 4 is 23.5 Å². The third kappa shape index (κ3) is 4.76. The van der Waals surface area contributed by atoms with Crippen LogP contribution in [0.5, 0.6) is 0 Å². The molecule has 0 aromatic heterocycles. The van der Waals surface area contributed by atoms with Gasteiger partial charge in [-0.25, -0.2) is 0 Å². The van der Waals surface area contributed by atoms with Crippen molar-refractivity contribution in [2.24, 2.45) is 0 Å². The van der Waals surface area contributed by atoms with Crippen LogP contribution in [0.2, 0.25) is 0 Å². The number of nitrogens with one attached hydrogen (secondary N) is 1. The number of nitrogens with zero attached hydrogens (tertiary/aromatic N) is 1. The number of carbonyl (C=O) groups is 3. The number of carbonyl (C=O) groups excluding carboxylic acids is 3. The number of esters is 1. The summed E-state index contributed by atoms with van der Waals surface area (Å²) in [5, 5.41) is 2.95. The first-order chi connectivity index (χ1) is 13.1. The molecular formula is C21H26N2O4. The quantitative estimate of drug-likeness (QED) is 0.809. The predicted molar refractivity (Wildman–Crippen MR) is 102 cm³/mol. The maximum absolute atomic E-state index is 12.4. The Hall–Kier alpha value is -2.63. The van der Waals surface area contributed by atoms with E-state index in [9.17, 15) is 14.4 Å². The molecule has 0 saturated heterocycles. The normalized spacial score (nSPS) is 17.9. The third-order valence-electron chi connectivity index (χ3n) is 5.16. The molecule has 1 aromatic carbocycles. The molecule has 1 N–H and O–H groups in total. The summed E-state index contributed by atoms with van der Waals surface area (Å²) in [6.07, 6.45) is 7.85. The van der Waals surface area contributed by atoms with E-state index in [2.05, 4.69) is 11.9 Å². The minimum atomic E-state index is -0.620. The molecule has 0 spiro atoms. The number of rotatable bonds is 5. The Labute approximate surface area is 159 Å². The van der Waals surface area contributed by atoms with Gasteiger partial charge in [0.25, 0.3) is 11.8 Å². The van der Waals surface area contributed by atoms with Crippen LogP contribution >= 0.6 is 0 Å². The summed E-state index contributed by atoms with van der Waals surface area (Å²) in [4.78, 5) is 37.8. The summed E-state index contributed by atoms with van der Waals surface area (Å²) in [5.74, 6) is -1.18. The fourth-order valence-electron chi connectivity index (χ4n) is 3.69. The van der Waals surface area contributed by atoms with Crippen molar-refractivity contribution in [3.05, 3.63) is 42.0 Å². The van der Waals surface area contributed by atoms with Crippen molar-refractivity contribution in [3.8, 4) is 0 Å². The molecule has 27 heavy (non-hydrogen) atoms. The zero-order chi connectivity index (χ0) is 19.2. The first-order valence-corrected chi connectivity index (χ1v) is 9.61. The van der Waals surface area contributed by atoms with Gasteiger partial charge in [-0.3, -0.25) is 19.3 Å². The molecule has 0 bridgehead atoms. The third-order valence-corrected chi connectivity index (χ3v) is 5.16. The lowest BCUT2D eigenvalue weighted by Crippen LogP contribution is -2.39. The molecule has 1 fully saturated rings. The zero-order valence-corrected chi connectivity index (χ0v) is 15.5. The molecule has 1 aromatic rings. The monoisotopic (exact) mass is 370 g/mol. The van der Waals surface area contributed by atoms with Crippen LogP contribution < -0.4 is 5.32 Å². The van der Waals surface area contributed by atoms with Gasteiger partial charge in [0.05, 0.1) is 0 Å². The molecule has 0 radical (unpaired) electrons. The Morgan fingerprint density at radius 2 is 1.70 bits per heavy atom. The molecule has 1 heterocycles. The van der Waals surface area contributed by atoms with Crippen LogP contribution in [0.3, 0.4) is 0 Å². The highest BCUT2D eigenvalue weighted by molar-refractivity contribution is 6.10. The molecular weight excluding hydrogens is 344 g/mol. The van der Waals surface area contributed by atoms with Gasteiger partial charge in [0.2, 0.25) is 0 Å². The van der Waals surface area contributed by atoms with E-state index in [0.29, 0.717) is 11.3 Å². The summed E-state index contributed by atoms with van der Waals surface area (Å²) in [5.41, 5.74) is 1.72. The molecule has 144 valence electrons. The van der Waals surface area contributed by atoms with Crippen molar-refractivity contribution < 1.29 is 19.1 Å². The van der Waals surface area contributed by atoms with Gasteiger partial charge in [-0.05, 0) is 18.9 Å². The smallest absolute Gasteiger partial charge is 0.326 e. The van der Waals surface area contributed by atoms with E-state index in [1.165, 1.54) is 24.2 Å². The van der Waals surface area contributed by atoms with Gasteiger partial charge in [-0.15, -0.1) is 0 Å². The second-order valence-corrected chi connectivity index (χ2v) is 7.15. The molecule has 2 amide bonds. The van der Waals surface area contributed by atoms with E-state index in [0.717, 1.165) is 31.2 Å². The first kappa shape index (κ1) is 19.1. The van der Waals surface area contributed by atoms with Gasteiger partial charge in [-0.1, -0.05) is 56.9 Å². The number of fused-ring (bicyclic) bond motifs is 1. The van der Waals surface area contributed by atoms with Gasteiger partial charge in [0.1, 0.15) is 6.54 Å². The Morgan fingerprint density at radius 3 is 2.37 bits per heavy atom. The van der Waals surface area contributed by atoms with Crippen molar-refractivity contribution in [3.63, 3.8) is 0 Å². The molecule has 3 rings (SSSR count). The van der Waals surface area contributed by atoms with Gasteiger partial charge in [-0.2, -0.15) is 0 Å². The number of benzene rings is 1. The van der Waals surface area contributed by atoms with Gasteiger partial charge in [0, 0.05) is 22.9 Å². The summed E-state index contributed by atoms with van der Waals surface area (Å²) < 4.78 is 5.07. The molecule has 2 aliphatic rings. The minimum absolute atomic E-state index is 0.158. The molecule has 0 atom stereocenters. The van der Waals surface area contributed by atoms with Crippen molar-refractivity contribution in [1.82, 2.24) is 10.2 Å². The van der Waals surface area contributed by atoms with Crippen LogP contribution in [0.4, 0.5) is 0 Å². The van der Waals surface area contributed by atoms with E-state index in [-0.39, 0.29) is 31.0 Å². The maximum atomic E-state index is 12.4. The lowest BCUT2D eigenvalue weighted by molar-refractivity contribution is -0.148. The average Bonchev–Trinajstić information content (AvgIpc) is 2.87. The lowest BCUT2D eigenvalue weighted by atomic mass is 9.97. The number of amides is 2. The van der Waals surface area contributed by atoms with Gasteiger partial charge in [0.15, 0.2) is 6.61 Å². The standard InChI is InChI=1S/C21H26N2O4/c1-15-17-11-7-8-12-18(17)21(26)23(15)13-20(25)27-14-19(24)22-16-9-5-3-2-4-6-10-16/h7-8,11-12,16H,1-6,9-10,13-14H2,(H,22,24). The van der Waals surface area contributed by atoms with Crippen LogP contribution in [-0.4, -0.2) is 41.9 Å². The van der Waals surface area contributed by atoms with E-state index in [4.69, 9.17) is 4.74 Å². The molecule has 0 unspecified atom stereocenters. The zero-order valence-electron chi connectivity index (χ0n) is 15.5. The maximum Gasteiger partial charge on any atom is 0.326 e. The Morgan fingerprint density at radius 1 is 1.07 bits per heavy atom. The van der Waals surface area contributed by atoms with Crippen LogP contribution in [0.15, 0.2) is 30.8 Å². The largest absolute Gasteiger partial charge is 0.454 e. The van der Waals surface area contributed by atoms with E-state index < -0.39 is 5.97 Å². The second-order valence-electron chi connectivity index (χ2n) is 7.15. The number of hydrogen-bond acceptors (Lipinski definition) is 4. The van der Waals surface area contributed by atoms with Crippen LogP contribution in [0.1, 0.15) is 60.9 Å². The van der Waals surface area contributed by atoms with Crippen molar-refractivity contribution in [2.75, 3.05) is 13.2 Å². The molecule has 1 saturated carbocycles. The highest BCUT2D eigenvalue weighted by Gasteiger charge is 2.32. The number of ether oxygens (including phenoxy) is 1. The summed E-state index contributed by atoms with van der Waals surface area (Å²) in [6, 6.07) is 7.25. The second kappa shape index (κ2) is 8.84. The lowest BCUT2D eigenvalue weighted by Gasteiger charge is -2.21. The van der Waals surface area contributed by atoms with Gasteiger partial charge < -0.3 is 10.1 Å². The van der Waals surface area contributed by atoms with E-state index in [1.54, 1.807) is 18.2 Å². The van der Waals surface area contributed by atoms with Gasteiger partial charge >= 0.3 is 5.97 Å². The summed E-state index contributed by atoms with van der Waals surface area (Å²) in [6.45, 7) is 3.32. The van der Waals surface area contributed by atoms with E-state index >= 15 is 0 Å². The Balaban J connectivity index is 1.45. The molecule has 6 nitrogen and oxygen atoms in total. The predicted octanol–water partition coefficient (Wildman–Crippen LogP) is 2.89. The van der Waals surface area contributed by atoms with E-state index in [1.807, 2.05) is 6.07 Å². The molecule has 6 heteroatoms. The fraction of sp³-hybridized carbons (Fsp3) is 0.476. The average molecular weight is 370 g/mol.